The molecule has 0 saturated carbocycles. The maximum Gasteiger partial charge on any atom is 0.225 e. The standard InChI is InChI=1S/C11H10N6S/c1-12-11-16-9-8(14-6-15-9)10(17-11)18-7-4-2-3-5-13-7/h2-6H,1H3,(H2,12,14,15,16,17). The number of hydrogen-bond donors (Lipinski definition) is 2. The van der Waals surface area contributed by atoms with Gasteiger partial charge in [-0.2, -0.15) is 4.98 Å². The van der Waals surface area contributed by atoms with Crippen molar-refractivity contribution in [2.45, 2.75) is 10.1 Å². The Morgan fingerprint density at radius 2 is 2.17 bits per heavy atom. The molecule has 2 N–H and O–H groups in total. The predicted octanol–water partition coefficient (Wildman–Crippen LogP) is 1.94. The summed E-state index contributed by atoms with van der Waals surface area (Å²) >= 11 is 1.48. The molecule has 0 fully saturated rings. The molecular formula is C11H10N6S. The van der Waals surface area contributed by atoms with Crippen LogP contribution in [0, 0.1) is 0 Å². The second-order valence-electron chi connectivity index (χ2n) is 3.47. The van der Waals surface area contributed by atoms with Crippen molar-refractivity contribution in [1.82, 2.24) is 24.9 Å². The first-order valence-corrected chi connectivity index (χ1v) is 6.16. The van der Waals surface area contributed by atoms with Crippen LogP contribution in [0.1, 0.15) is 0 Å². The van der Waals surface area contributed by atoms with Gasteiger partial charge in [0.1, 0.15) is 15.6 Å². The van der Waals surface area contributed by atoms with Gasteiger partial charge < -0.3 is 10.3 Å². The number of imidazole rings is 1. The second kappa shape index (κ2) is 4.61. The summed E-state index contributed by atoms with van der Waals surface area (Å²) in [6, 6.07) is 5.77. The van der Waals surface area contributed by atoms with Gasteiger partial charge in [0.15, 0.2) is 5.65 Å². The lowest BCUT2D eigenvalue weighted by atomic mass is 10.5. The number of H-pyrrole nitrogens is 1. The minimum absolute atomic E-state index is 0.549. The van der Waals surface area contributed by atoms with Crippen LogP contribution >= 0.6 is 11.8 Å². The summed E-state index contributed by atoms with van der Waals surface area (Å²) in [5.74, 6) is 0.549. The largest absolute Gasteiger partial charge is 0.357 e. The fraction of sp³-hybridized carbons (Fsp3) is 0.0909. The molecule has 18 heavy (non-hydrogen) atoms. The number of pyridine rings is 1. The van der Waals surface area contributed by atoms with Gasteiger partial charge in [-0.3, -0.25) is 0 Å². The predicted molar refractivity (Wildman–Crippen MR) is 69.6 cm³/mol. The molecule has 0 atom stereocenters. The molecule has 0 aliphatic rings. The Bertz CT molecular complexity index is 666. The van der Waals surface area contributed by atoms with Crippen molar-refractivity contribution in [1.29, 1.82) is 0 Å². The van der Waals surface area contributed by atoms with Crippen molar-refractivity contribution in [3.8, 4) is 0 Å². The number of anilines is 1. The van der Waals surface area contributed by atoms with E-state index in [1.807, 2.05) is 18.2 Å². The van der Waals surface area contributed by atoms with Crippen LogP contribution in [0.15, 0.2) is 40.8 Å². The highest BCUT2D eigenvalue weighted by molar-refractivity contribution is 7.99. The third kappa shape index (κ3) is 2.00. The van der Waals surface area contributed by atoms with Gasteiger partial charge in [-0.15, -0.1) is 0 Å². The van der Waals surface area contributed by atoms with E-state index in [4.69, 9.17) is 0 Å². The summed E-state index contributed by atoms with van der Waals surface area (Å²) in [5, 5.41) is 4.61. The molecule has 0 aliphatic carbocycles. The van der Waals surface area contributed by atoms with E-state index >= 15 is 0 Å². The lowest BCUT2D eigenvalue weighted by Crippen LogP contribution is -1.98. The van der Waals surface area contributed by atoms with Crippen LogP contribution in [0.5, 0.6) is 0 Å². The summed E-state index contributed by atoms with van der Waals surface area (Å²) in [7, 11) is 1.78. The lowest BCUT2D eigenvalue weighted by molar-refractivity contribution is 1.07. The van der Waals surface area contributed by atoms with E-state index in [1.165, 1.54) is 11.8 Å². The van der Waals surface area contributed by atoms with Crippen molar-refractivity contribution < 1.29 is 0 Å². The molecular weight excluding hydrogens is 248 g/mol. The summed E-state index contributed by atoms with van der Waals surface area (Å²) in [6.45, 7) is 0. The molecule has 0 bridgehead atoms. The fourth-order valence-corrected chi connectivity index (χ4v) is 2.34. The summed E-state index contributed by atoms with van der Waals surface area (Å²) in [6.07, 6.45) is 3.37. The van der Waals surface area contributed by atoms with Crippen LogP contribution in [-0.4, -0.2) is 32.0 Å². The van der Waals surface area contributed by atoms with Crippen molar-refractivity contribution in [3.05, 3.63) is 30.7 Å². The molecule has 7 heteroatoms. The average Bonchev–Trinajstić information content (AvgIpc) is 2.88. The van der Waals surface area contributed by atoms with Gasteiger partial charge in [0.05, 0.1) is 6.33 Å². The SMILES string of the molecule is CNc1nc(Sc2ccccn2)c2[nH]cnc2n1. The minimum Gasteiger partial charge on any atom is -0.357 e. The van der Waals surface area contributed by atoms with E-state index in [1.54, 1.807) is 19.6 Å². The molecule has 0 spiro atoms. The smallest absolute Gasteiger partial charge is 0.225 e. The highest BCUT2D eigenvalue weighted by atomic mass is 32.2. The molecule has 3 heterocycles. The maximum atomic E-state index is 4.42. The highest BCUT2D eigenvalue weighted by Crippen LogP contribution is 2.29. The average molecular weight is 258 g/mol. The van der Waals surface area contributed by atoms with Gasteiger partial charge in [0, 0.05) is 13.2 Å². The molecule has 3 aromatic rings. The summed E-state index contributed by atoms with van der Waals surface area (Å²) in [5.41, 5.74) is 1.47. The Morgan fingerprint density at radius 3 is 2.94 bits per heavy atom. The van der Waals surface area contributed by atoms with Crippen molar-refractivity contribution in [3.63, 3.8) is 0 Å². The first kappa shape index (κ1) is 11.0. The van der Waals surface area contributed by atoms with E-state index in [0.717, 1.165) is 15.6 Å². The van der Waals surface area contributed by atoms with E-state index in [2.05, 4.69) is 30.2 Å². The number of aromatic nitrogens is 5. The van der Waals surface area contributed by atoms with Crippen LogP contribution in [0.3, 0.4) is 0 Å². The number of aromatic amines is 1. The van der Waals surface area contributed by atoms with Gasteiger partial charge in [-0.1, -0.05) is 6.07 Å². The molecule has 0 aromatic carbocycles. The van der Waals surface area contributed by atoms with E-state index in [0.29, 0.717) is 11.6 Å². The van der Waals surface area contributed by atoms with E-state index in [-0.39, 0.29) is 0 Å². The number of rotatable bonds is 3. The van der Waals surface area contributed by atoms with Gasteiger partial charge in [-0.25, -0.2) is 15.0 Å². The first-order valence-electron chi connectivity index (χ1n) is 5.34. The molecule has 90 valence electrons. The molecule has 0 saturated heterocycles. The van der Waals surface area contributed by atoms with Crippen LogP contribution < -0.4 is 5.32 Å². The van der Waals surface area contributed by atoms with E-state index in [9.17, 15) is 0 Å². The summed E-state index contributed by atoms with van der Waals surface area (Å²) < 4.78 is 0. The normalized spacial score (nSPS) is 10.7. The summed E-state index contributed by atoms with van der Waals surface area (Å²) in [4.78, 5) is 20.1. The highest BCUT2D eigenvalue weighted by Gasteiger charge is 2.11. The quantitative estimate of drug-likeness (QED) is 0.699. The number of hydrogen-bond acceptors (Lipinski definition) is 6. The van der Waals surface area contributed by atoms with Gasteiger partial charge >= 0.3 is 0 Å². The monoisotopic (exact) mass is 258 g/mol. The number of nitrogens with zero attached hydrogens (tertiary/aromatic N) is 4. The Morgan fingerprint density at radius 1 is 1.22 bits per heavy atom. The van der Waals surface area contributed by atoms with Gasteiger partial charge in [-0.05, 0) is 23.9 Å². The third-order valence-corrected chi connectivity index (χ3v) is 3.25. The molecule has 3 aromatic heterocycles. The van der Waals surface area contributed by atoms with Crippen LogP contribution in [0.25, 0.3) is 11.2 Å². The topological polar surface area (TPSA) is 79.4 Å². The zero-order chi connectivity index (χ0) is 12.4. The van der Waals surface area contributed by atoms with Crippen molar-refractivity contribution >= 4 is 28.9 Å². The molecule has 6 nitrogen and oxygen atoms in total. The zero-order valence-corrected chi connectivity index (χ0v) is 10.4. The zero-order valence-electron chi connectivity index (χ0n) is 9.58. The Labute approximate surface area is 107 Å². The maximum absolute atomic E-state index is 4.42. The second-order valence-corrected chi connectivity index (χ2v) is 4.48. The van der Waals surface area contributed by atoms with Crippen LogP contribution in [0.4, 0.5) is 5.95 Å². The van der Waals surface area contributed by atoms with Gasteiger partial charge in [0.25, 0.3) is 0 Å². The van der Waals surface area contributed by atoms with Crippen molar-refractivity contribution in [2.24, 2.45) is 0 Å². The fourth-order valence-electron chi connectivity index (χ4n) is 1.50. The van der Waals surface area contributed by atoms with E-state index < -0.39 is 0 Å². The molecule has 0 radical (unpaired) electrons. The minimum atomic E-state index is 0.549. The Kier molecular flexibility index (Phi) is 2.81. The number of fused-ring (bicyclic) bond motifs is 1. The van der Waals surface area contributed by atoms with Crippen LogP contribution in [0.2, 0.25) is 0 Å². The molecule has 3 rings (SSSR count). The Balaban J connectivity index is 2.07. The van der Waals surface area contributed by atoms with Crippen molar-refractivity contribution in [2.75, 3.05) is 12.4 Å². The molecule has 0 unspecified atom stereocenters. The molecule has 0 aliphatic heterocycles. The third-order valence-electron chi connectivity index (χ3n) is 2.32. The first-order chi connectivity index (χ1) is 8.86. The van der Waals surface area contributed by atoms with Crippen LogP contribution in [-0.2, 0) is 0 Å². The Hall–Kier alpha value is -2.15. The van der Waals surface area contributed by atoms with Gasteiger partial charge in [0.2, 0.25) is 5.95 Å². The molecule has 0 amide bonds. The lowest BCUT2D eigenvalue weighted by Gasteiger charge is -2.03. The number of nitrogens with one attached hydrogen (secondary N) is 2.